The molecule has 3 N–H and O–H groups in total. The van der Waals surface area contributed by atoms with E-state index in [0.29, 0.717) is 24.5 Å². The molecule has 1 fully saturated rings. The summed E-state index contributed by atoms with van der Waals surface area (Å²) in [6.45, 7) is 3.66. The van der Waals surface area contributed by atoms with Gasteiger partial charge < -0.3 is 20.9 Å². The van der Waals surface area contributed by atoms with Crippen LogP contribution in [0, 0.1) is 6.92 Å². The zero-order valence-electron chi connectivity index (χ0n) is 12.6. The summed E-state index contributed by atoms with van der Waals surface area (Å²) in [7, 11) is 3.43. The van der Waals surface area contributed by atoms with Crippen molar-refractivity contribution in [3.63, 3.8) is 0 Å². The second-order valence-corrected chi connectivity index (χ2v) is 5.34. The first-order valence-corrected chi connectivity index (χ1v) is 6.87. The molecule has 2 heterocycles. The summed E-state index contributed by atoms with van der Waals surface area (Å²) >= 11 is 0. The Morgan fingerprint density at radius 2 is 2.19 bits per heavy atom. The molecule has 21 heavy (non-hydrogen) atoms. The molecule has 7 nitrogen and oxygen atoms in total. The minimum Gasteiger partial charge on any atom is -0.365 e. The number of hydrogen-bond acceptors (Lipinski definition) is 5. The summed E-state index contributed by atoms with van der Waals surface area (Å²) < 4.78 is 0. The highest BCUT2D eigenvalue weighted by molar-refractivity contribution is 6.00. The number of nitrogens with zero attached hydrogens (tertiary/aromatic N) is 3. The summed E-state index contributed by atoms with van der Waals surface area (Å²) in [5.41, 5.74) is 6.64. The van der Waals surface area contributed by atoms with Gasteiger partial charge in [-0.1, -0.05) is 0 Å². The fraction of sp³-hybridized carbons (Fsp3) is 0.500. The highest BCUT2D eigenvalue weighted by atomic mass is 16.2. The molecule has 0 bridgehead atoms. The molecule has 1 unspecified atom stereocenters. The van der Waals surface area contributed by atoms with Crippen molar-refractivity contribution in [3.8, 4) is 0 Å². The lowest BCUT2D eigenvalue weighted by Gasteiger charge is -2.38. The van der Waals surface area contributed by atoms with Gasteiger partial charge in [-0.15, -0.1) is 0 Å². The van der Waals surface area contributed by atoms with Crippen LogP contribution in [0.5, 0.6) is 0 Å². The predicted molar refractivity (Wildman–Crippen MR) is 80.2 cm³/mol. The third kappa shape index (κ3) is 2.97. The van der Waals surface area contributed by atoms with Gasteiger partial charge >= 0.3 is 0 Å². The van der Waals surface area contributed by atoms with E-state index in [1.165, 1.54) is 0 Å². The molecule has 0 saturated carbocycles. The molecular formula is C14H21N5O2. The summed E-state index contributed by atoms with van der Waals surface area (Å²) in [4.78, 5) is 31.8. The number of nitrogens with one attached hydrogen (secondary N) is 1. The average Bonchev–Trinajstić information content (AvgIpc) is 2.45. The molecule has 114 valence electrons. The molecule has 2 amide bonds. The molecule has 1 aliphatic heterocycles. The number of amides is 2. The van der Waals surface area contributed by atoms with E-state index >= 15 is 0 Å². The van der Waals surface area contributed by atoms with Crippen molar-refractivity contribution in [1.82, 2.24) is 15.2 Å². The van der Waals surface area contributed by atoms with Crippen LogP contribution in [-0.4, -0.2) is 61.5 Å². The predicted octanol–water partition coefficient (Wildman–Crippen LogP) is -0.645. The van der Waals surface area contributed by atoms with Crippen molar-refractivity contribution >= 4 is 17.6 Å². The molecular weight excluding hydrogens is 270 g/mol. The summed E-state index contributed by atoms with van der Waals surface area (Å²) in [5, 5.41) is 3.20. The molecule has 7 heteroatoms. The third-order valence-corrected chi connectivity index (χ3v) is 3.63. The second kappa shape index (κ2) is 6.09. The number of anilines is 1. The molecule has 0 radical (unpaired) electrons. The number of primary amides is 1. The number of aromatic nitrogens is 1. The lowest BCUT2D eigenvalue weighted by molar-refractivity contribution is -0.130. The topological polar surface area (TPSA) is 91.6 Å². The Hall–Kier alpha value is -2.15. The number of piperazine rings is 1. The van der Waals surface area contributed by atoms with E-state index in [-0.39, 0.29) is 11.9 Å². The molecule has 2 rings (SSSR count). The minimum absolute atomic E-state index is 0.0269. The summed E-state index contributed by atoms with van der Waals surface area (Å²) in [6.07, 6.45) is 1.64. The number of carbonyl (C=O) groups excluding carboxylic acids is 2. The maximum absolute atomic E-state index is 12.3. The Morgan fingerprint density at radius 1 is 1.48 bits per heavy atom. The van der Waals surface area contributed by atoms with Crippen LogP contribution in [0.15, 0.2) is 12.3 Å². The Kier molecular flexibility index (Phi) is 4.42. The number of likely N-dealkylation sites (N-methyl/N-ethyl adjacent to an activating group) is 1. The number of rotatable bonds is 3. The Bertz CT molecular complexity index is 558. The van der Waals surface area contributed by atoms with Crippen LogP contribution < -0.4 is 16.0 Å². The fourth-order valence-electron chi connectivity index (χ4n) is 2.54. The minimum atomic E-state index is -0.523. The SMILES string of the molecule is Cc1ccnc(N2CCNCC2C(=O)N(C)C)c1C(N)=O. The van der Waals surface area contributed by atoms with E-state index < -0.39 is 5.91 Å². The van der Waals surface area contributed by atoms with E-state index in [9.17, 15) is 9.59 Å². The van der Waals surface area contributed by atoms with Crippen LogP contribution in [0.2, 0.25) is 0 Å². The maximum Gasteiger partial charge on any atom is 0.252 e. The first-order valence-electron chi connectivity index (χ1n) is 6.87. The van der Waals surface area contributed by atoms with Crippen molar-refractivity contribution in [2.45, 2.75) is 13.0 Å². The number of aryl methyl sites for hydroxylation is 1. The zero-order chi connectivity index (χ0) is 15.6. The molecule has 1 saturated heterocycles. The van der Waals surface area contributed by atoms with Gasteiger partial charge in [0.15, 0.2) is 0 Å². The van der Waals surface area contributed by atoms with Crippen molar-refractivity contribution in [2.24, 2.45) is 5.73 Å². The van der Waals surface area contributed by atoms with Crippen molar-refractivity contribution in [1.29, 1.82) is 0 Å². The van der Waals surface area contributed by atoms with E-state index in [1.54, 1.807) is 31.3 Å². The monoisotopic (exact) mass is 291 g/mol. The van der Waals surface area contributed by atoms with Gasteiger partial charge in [-0.25, -0.2) is 4.98 Å². The van der Waals surface area contributed by atoms with Crippen molar-refractivity contribution in [3.05, 3.63) is 23.4 Å². The Balaban J connectivity index is 2.45. The second-order valence-electron chi connectivity index (χ2n) is 5.34. The molecule has 0 aromatic carbocycles. The van der Waals surface area contributed by atoms with E-state index in [4.69, 9.17) is 5.73 Å². The highest BCUT2D eigenvalue weighted by Gasteiger charge is 2.32. The van der Waals surface area contributed by atoms with Crippen LogP contribution in [-0.2, 0) is 4.79 Å². The molecule has 0 spiro atoms. The molecule has 1 atom stereocenters. The molecule has 0 aliphatic carbocycles. The van der Waals surface area contributed by atoms with Gasteiger partial charge in [0.2, 0.25) is 5.91 Å². The maximum atomic E-state index is 12.3. The summed E-state index contributed by atoms with van der Waals surface area (Å²) in [6, 6.07) is 1.36. The van der Waals surface area contributed by atoms with Gasteiger partial charge in [0.25, 0.3) is 5.91 Å². The van der Waals surface area contributed by atoms with Gasteiger partial charge in [-0.3, -0.25) is 9.59 Å². The van der Waals surface area contributed by atoms with Gasteiger partial charge in [0.05, 0.1) is 5.56 Å². The zero-order valence-corrected chi connectivity index (χ0v) is 12.6. The first kappa shape index (κ1) is 15.2. The van der Waals surface area contributed by atoms with Gasteiger partial charge in [0, 0.05) is 39.9 Å². The lowest BCUT2D eigenvalue weighted by atomic mass is 10.1. The number of nitrogens with two attached hydrogens (primary N) is 1. The quantitative estimate of drug-likeness (QED) is 0.772. The van der Waals surface area contributed by atoms with Crippen LogP contribution in [0.3, 0.4) is 0 Å². The van der Waals surface area contributed by atoms with E-state index in [2.05, 4.69) is 10.3 Å². The fourth-order valence-corrected chi connectivity index (χ4v) is 2.54. The molecule has 1 aromatic rings. The Morgan fingerprint density at radius 3 is 2.81 bits per heavy atom. The number of carbonyl (C=O) groups is 2. The van der Waals surface area contributed by atoms with E-state index in [0.717, 1.165) is 12.1 Å². The standard InChI is InChI=1S/C14H21N5O2/c1-9-4-5-17-13(11(9)12(15)20)19-7-6-16-8-10(19)14(21)18(2)3/h4-5,10,16H,6-8H2,1-3H3,(H2,15,20). The van der Waals surface area contributed by atoms with Crippen LogP contribution in [0.1, 0.15) is 15.9 Å². The van der Waals surface area contributed by atoms with E-state index in [1.807, 2.05) is 11.8 Å². The largest absolute Gasteiger partial charge is 0.365 e. The Labute approximate surface area is 124 Å². The lowest BCUT2D eigenvalue weighted by Crippen LogP contribution is -2.58. The number of hydrogen-bond donors (Lipinski definition) is 2. The average molecular weight is 291 g/mol. The summed E-state index contributed by atoms with van der Waals surface area (Å²) in [5.74, 6) is -0.0599. The molecule has 1 aromatic heterocycles. The van der Waals surface area contributed by atoms with Crippen molar-refractivity contribution < 1.29 is 9.59 Å². The van der Waals surface area contributed by atoms with Crippen molar-refractivity contribution in [2.75, 3.05) is 38.6 Å². The number of pyridine rings is 1. The third-order valence-electron chi connectivity index (χ3n) is 3.63. The van der Waals surface area contributed by atoms with Gasteiger partial charge in [-0.05, 0) is 18.6 Å². The highest BCUT2D eigenvalue weighted by Crippen LogP contribution is 2.23. The normalized spacial score (nSPS) is 18.4. The van der Waals surface area contributed by atoms with Crippen LogP contribution >= 0.6 is 0 Å². The van der Waals surface area contributed by atoms with Crippen LogP contribution in [0.4, 0.5) is 5.82 Å². The van der Waals surface area contributed by atoms with Gasteiger partial charge in [0.1, 0.15) is 11.9 Å². The first-order chi connectivity index (χ1) is 9.93. The van der Waals surface area contributed by atoms with Crippen LogP contribution in [0.25, 0.3) is 0 Å². The smallest absolute Gasteiger partial charge is 0.252 e. The van der Waals surface area contributed by atoms with Gasteiger partial charge in [-0.2, -0.15) is 0 Å². The molecule has 1 aliphatic rings.